The highest BCUT2D eigenvalue weighted by atomic mass is 32.1. The molecular weight excluding hydrogens is 308 g/mol. The lowest BCUT2D eigenvalue weighted by Crippen LogP contribution is -2.45. The molecule has 0 radical (unpaired) electrons. The summed E-state index contributed by atoms with van der Waals surface area (Å²) >= 11 is 1.57. The second-order valence-electron chi connectivity index (χ2n) is 7.66. The van der Waals surface area contributed by atoms with E-state index in [9.17, 15) is 4.79 Å². The van der Waals surface area contributed by atoms with Crippen LogP contribution >= 0.6 is 11.3 Å². The van der Waals surface area contributed by atoms with E-state index in [4.69, 9.17) is 0 Å². The number of rotatable bonds is 4. The van der Waals surface area contributed by atoms with Crippen molar-refractivity contribution in [3.8, 4) is 0 Å². The topological polar surface area (TPSA) is 58.1 Å². The number of amides is 2. The van der Waals surface area contributed by atoms with Crippen molar-refractivity contribution < 1.29 is 4.79 Å². The summed E-state index contributed by atoms with van der Waals surface area (Å²) in [6.45, 7) is 8.98. The Morgan fingerprint density at radius 3 is 2.52 bits per heavy atom. The maximum atomic E-state index is 12.4. The smallest absolute Gasteiger partial charge is 0.317 e. The number of nitrogens with zero attached hydrogens (tertiary/aromatic N) is 3. The summed E-state index contributed by atoms with van der Waals surface area (Å²) in [7, 11) is 1.90. The van der Waals surface area contributed by atoms with E-state index in [0.29, 0.717) is 12.5 Å². The first-order valence-corrected chi connectivity index (χ1v) is 9.44. The SMILES string of the molecule is C[C@H](C1CCCCC1)N(C)C(=O)NCc1nnc(C(C)(C)C)s1. The first-order valence-electron chi connectivity index (χ1n) is 8.62. The van der Waals surface area contributed by atoms with Gasteiger partial charge in [0.15, 0.2) is 0 Å². The summed E-state index contributed by atoms with van der Waals surface area (Å²) < 4.78 is 0. The van der Waals surface area contributed by atoms with Crippen molar-refractivity contribution in [2.75, 3.05) is 7.05 Å². The molecule has 1 aliphatic rings. The van der Waals surface area contributed by atoms with Crippen LogP contribution in [0.4, 0.5) is 4.79 Å². The third-order valence-electron chi connectivity index (χ3n) is 4.76. The lowest BCUT2D eigenvalue weighted by molar-refractivity contribution is 0.156. The highest BCUT2D eigenvalue weighted by Gasteiger charge is 2.26. The Morgan fingerprint density at radius 2 is 1.96 bits per heavy atom. The predicted molar refractivity (Wildman–Crippen MR) is 94.6 cm³/mol. The molecule has 1 N–H and O–H groups in total. The molecule has 0 unspecified atom stereocenters. The molecule has 0 spiro atoms. The Bertz CT molecular complexity index is 517. The molecular formula is C17H30N4OS. The van der Waals surface area contributed by atoms with Crippen LogP contribution < -0.4 is 5.32 Å². The van der Waals surface area contributed by atoms with Crippen molar-refractivity contribution in [1.29, 1.82) is 0 Å². The Kier molecular flexibility index (Phi) is 6.00. The van der Waals surface area contributed by atoms with Crippen LogP contribution in [0.15, 0.2) is 0 Å². The van der Waals surface area contributed by atoms with Crippen LogP contribution in [0.1, 0.15) is 69.8 Å². The Balaban J connectivity index is 1.84. The maximum Gasteiger partial charge on any atom is 0.317 e. The van der Waals surface area contributed by atoms with Gasteiger partial charge in [-0.3, -0.25) is 0 Å². The summed E-state index contributed by atoms with van der Waals surface area (Å²) in [4.78, 5) is 14.2. The number of nitrogens with one attached hydrogen (secondary N) is 1. The summed E-state index contributed by atoms with van der Waals surface area (Å²) in [6.07, 6.45) is 6.41. The summed E-state index contributed by atoms with van der Waals surface area (Å²) in [5, 5.41) is 13.3. The summed E-state index contributed by atoms with van der Waals surface area (Å²) in [5.41, 5.74) is 0.00616. The Morgan fingerprint density at radius 1 is 1.30 bits per heavy atom. The van der Waals surface area contributed by atoms with E-state index < -0.39 is 0 Å². The number of aromatic nitrogens is 2. The highest BCUT2D eigenvalue weighted by Crippen LogP contribution is 2.28. The first kappa shape index (κ1) is 18.2. The van der Waals surface area contributed by atoms with Crippen LogP contribution in [-0.4, -0.2) is 34.2 Å². The zero-order valence-electron chi connectivity index (χ0n) is 15.1. The Hall–Kier alpha value is -1.17. The van der Waals surface area contributed by atoms with Crippen molar-refractivity contribution in [1.82, 2.24) is 20.4 Å². The van der Waals surface area contributed by atoms with Crippen molar-refractivity contribution in [2.24, 2.45) is 5.92 Å². The van der Waals surface area contributed by atoms with Crippen molar-refractivity contribution in [3.05, 3.63) is 10.0 Å². The van der Waals surface area contributed by atoms with Gasteiger partial charge in [0.1, 0.15) is 10.0 Å². The van der Waals surface area contributed by atoms with Gasteiger partial charge in [-0.2, -0.15) is 0 Å². The monoisotopic (exact) mass is 338 g/mol. The van der Waals surface area contributed by atoms with Gasteiger partial charge >= 0.3 is 6.03 Å². The van der Waals surface area contributed by atoms with Crippen molar-refractivity contribution in [2.45, 2.75) is 77.8 Å². The fraction of sp³-hybridized carbons (Fsp3) is 0.824. The van der Waals surface area contributed by atoms with Gasteiger partial charge in [0.25, 0.3) is 0 Å². The molecule has 130 valence electrons. The fourth-order valence-electron chi connectivity index (χ4n) is 3.02. The molecule has 1 atom stereocenters. The van der Waals surface area contributed by atoms with Crippen molar-refractivity contribution >= 4 is 17.4 Å². The summed E-state index contributed by atoms with van der Waals surface area (Å²) in [5.74, 6) is 0.633. The van der Waals surface area contributed by atoms with Gasteiger partial charge < -0.3 is 10.2 Å². The lowest BCUT2D eigenvalue weighted by Gasteiger charge is -2.34. The predicted octanol–water partition coefficient (Wildman–Crippen LogP) is 3.95. The van der Waals surface area contributed by atoms with Gasteiger partial charge in [-0.1, -0.05) is 51.4 Å². The second-order valence-corrected chi connectivity index (χ2v) is 8.72. The number of urea groups is 1. The van der Waals surface area contributed by atoms with E-state index in [2.05, 4.69) is 43.2 Å². The van der Waals surface area contributed by atoms with E-state index in [0.717, 1.165) is 10.0 Å². The molecule has 0 saturated heterocycles. The van der Waals surface area contributed by atoms with Crippen LogP contribution in [-0.2, 0) is 12.0 Å². The molecule has 1 saturated carbocycles. The third kappa shape index (κ3) is 4.90. The molecule has 1 aliphatic carbocycles. The van der Waals surface area contributed by atoms with Gasteiger partial charge in [-0.15, -0.1) is 10.2 Å². The van der Waals surface area contributed by atoms with Crippen LogP contribution in [0.5, 0.6) is 0 Å². The van der Waals surface area contributed by atoms with Crippen LogP contribution in [0.3, 0.4) is 0 Å². The summed E-state index contributed by atoms with van der Waals surface area (Å²) in [6, 6.07) is 0.269. The molecule has 2 amide bonds. The minimum Gasteiger partial charge on any atom is -0.331 e. The normalized spacial score (nSPS) is 17.8. The first-order chi connectivity index (χ1) is 10.8. The largest absolute Gasteiger partial charge is 0.331 e. The van der Waals surface area contributed by atoms with E-state index in [1.54, 1.807) is 11.3 Å². The van der Waals surface area contributed by atoms with Crippen LogP contribution in [0.2, 0.25) is 0 Å². The van der Waals surface area contributed by atoms with Crippen LogP contribution in [0, 0.1) is 5.92 Å². The van der Waals surface area contributed by atoms with E-state index >= 15 is 0 Å². The molecule has 1 aromatic rings. The van der Waals surface area contributed by atoms with Crippen molar-refractivity contribution in [3.63, 3.8) is 0 Å². The Labute approximate surface area is 143 Å². The number of hydrogen-bond donors (Lipinski definition) is 1. The number of carbonyl (C=O) groups excluding carboxylic acids is 1. The average Bonchev–Trinajstić information content (AvgIpc) is 3.01. The zero-order chi connectivity index (χ0) is 17.0. The van der Waals surface area contributed by atoms with Crippen LogP contribution in [0.25, 0.3) is 0 Å². The second kappa shape index (κ2) is 7.60. The maximum absolute atomic E-state index is 12.4. The standard InChI is InChI=1S/C17H30N4OS/c1-12(13-9-7-6-8-10-13)21(5)16(22)18-11-14-19-20-15(23-14)17(2,3)4/h12-13H,6-11H2,1-5H3,(H,18,22)/t12-/m1/s1. The quantitative estimate of drug-likeness (QED) is 0.904. The molecule has 23 heavy (non-hydrogen) atoms. The fourth-order valence-corrected chi connectivity index (χ4v) is 3.86. The molecule has 1 aromatic heterocycles. The molecule has 0 aliphatic heterocycles. The number of carbonyl (C=O) groups is 1. The minimum atomic E-state index is -0.0180. The third-order valence-corrected chi connectivity index (χ3v) is 6.11. The van der Waals surface area contributed by atoms with Gasteiger partial charge in [-0.25, -0.2) is 4.79 Å². The van der Waals surface area contributed by atoms with E-state index in [1.165, 1.54) is 32.1 Å². The van der Waals surface area contributed by atoms with Gasteiger partial charge in [0, 0.05) is 18.5 Å². The molecule has 5 nitrogen and oxygen atoms in total. The van der Waals surface area contributed by atoms with E-state index in [1.807, 2.05) is 11.9 Å². The highest BCUT2D eigenvalue weighted by molar-refractivity contribution is 7.11. The molecule has 6 heteroatoms. The molecule has 1 heterocycles. The average molecular weight is 339 g/mol. The molecule has 1 fully saturated rings. The molecule has 0 bridgehead atoms. The lowest BCUT2D eigenvalue weighted by atomic mass is 9.84. The van der Waals surface area contributed by atoms with Gasteiger partial charge in [0.05, 0.1) is 6.54 Å². The minimum absolute atomic E-state index is 0.00616. The molecule has 0 aromatic carbocycles. The van der Waals surface area contributed by atoms with Gasteiger partial charge in [0.2, 0.25) is 0 Å². The zero-order valence-corrected chi connectivity index (χ0v) is 15.9. The number of hydrogen-bond acceptors (Lipinski definition) is 4. The van der Waals surface area contributed by atoms with Gasteiger partial charge in [-0.05, 0) is 25.7 Å². The molecule has 2 rings (SSSR count). The van der Waals surface area contributed by atoms with E-state index in [-0.39, 0.29) is 17.5 Å².